The first-order valence-corrected chi connectivity index (χ1v) is 49.4. The second kappa shape index (κ2) is 60.5. The van der Waals surface area contributed by atoms with E-state index in [0.717, 1.165) is 18.7 Å². The number of hydrogen-bond acceptors (Lipinski definition) is 29. The maximum absolute atomic E-state index is 15.4. The molecule has 143 heavy (non-hydrogen) atoms. The summed E-state index contributed by atoms with van der Waals surface area (Å²) in [7, 11) is 0. The number of aromatic nitrogens is 3. The minimum atomic E-state index is -2.07. The van der Waals surface area contributed by atoms with E-state index in [9.17, 15) is 87.2 Å². The van der Waals surface area contributed by atoms with Crippen molar-refractivity contribution in [3.8, 4) is 0 Å². The standard InChI is InChI=1S/C99H131N15O27S2/c1-55(2)32-78-86(123)44-74(57(5)6)85(122)41-63(36-66-47-104-76-18-12-10-16-73(66)76)95(133)112-80(99(137)113-92(59(8)115)93(100)131)45-87(124)105-48-67(42-84(121)62(43-90(128)129)38-70(117)52-141-30-28-138-26-13-14-69(116)51-140-31-29-139-27-25-102-94(132)60-19-21-71(22-20-60)143-91(130)50-108-114-101)82(119)34-58(7)81(118)39-61(35-65-46-103-75-17-11-9-15-72(65)75)83(120)40-64(37-68-53-142-54-107-68)96(134)111-79(33-56(3)4)97(135)106-49-88(125)109-77(98(136)110-78)23-24-89(126)127/h9-12,15-22,46-47,53-59,61-64,67,74,77-80,92,103-104,115H,13-14,23-45,48-52H2,1-8H3,(H2,100,131)(H,102,132)(H,105,124)(H,106,135)(H,109,125)(H,110,136)(H,111,134)(H,112,133)(H,113,137)(H,126,127)(H,128,129). The predicted molar refractivity (Wildman–Crippen MR) is 523 cm³/mol. The fourth-order valence-electron chi connectivity index (χ4n) is 16.3. The van der Waals surface area contributed by atoms with E-state index in [2.05, 4.69) is 67.5 Å². The Kier molecular flexibility index (Phi) is 49.5. The van der Waals surface area contributed by atoms with Crippen LogP contribution in [0.15, 0.2) is 106 Å². The van der Waals surface area contributed by atoms with Crippen molar-refractivity contribution in [2.24, 2.45) is 70.0 Å². The van der Waals surface area contributed by atoms with E-state index in [1.165, 1.54) is 35.9 Å². The lowest BCUT2D eigenvalue weighted by molar-refractivity contribution is -0.142. The first-order chi connectivity index (χ1) is 68.1. The topological polar surface area (TPSA) is 655 Å². The monoisotopic (exact) mass is 2030 g/mol. The zero-order chi connectivity index (χ0) is 105. The van der Waals surface area contributed by atoms with Crippen LogP contribution in [0.2, 0.25) is 0 Å². The Bertz CT molecular complexity index is 5460. The maximum atomic E-state index is 15.4. The van der Waals surface area contributed by atoms with Gasteiger partial charge in [-0.1, -0.05) is 102 Å². The largest absolute Gasteiger partial charge is 0.481 e. The van der Waals surface area contributed by atoms with Crippen molar-refractivity contribution in [1.82, 2.24) is 57.5 Å². The molecule has 0 aliphatic carbocycles. The smallest absolute Gasteiger partial charge is 0.304 e. The molecule has 1 aliphatic rings. The van der Waals surface area contributed by atoms with Gasteiger partial charge in [0.2, 0.25) is 47.3 Å². The molecule has 0 spiro atoms. The van der Waals surface area contributed by atoms with Crippen LogP contribution in [0.1, 0.15) is 179 Å². The van der Waals surface area contributed by atoms with Gasteiger partial charge in [0.1, 0.15) is 66.3 Å². The summed E-state index contributed by atoms with van der Waals surface area (Å²) in [5.41, 5.74) is 18.6. The number of fused-ring (bicyclic) bond motifs is 2. The lowest BCUT2D eigenvalue weighted by Crippen LogP contribution is -2.57. The third-order valence-electron chi connectivity index (χ3n) is 24.0. The Balaban J connectivity index is 1.16. The molecule has 776 valence electrons. The molecule has 4 heterocycles. The fourth-order valence-corrected chi connectivity index (χ4v) is 17.5. The number of ether oxygens (including phenoxy) is 4. The molecular weight excluding hydrogens is 1900 g/mol. The van der Waals surface area contributed by atoms with E-state index in [1.54, 1.807) is 120 Å². The molecule has 3 aromatic carbocycles. The number of carbonyl (C=O) groups excluding carboxylic acids is 18. The first-order valence-electron chi connectivity index (χ1n) is 47.6. The molecule has 9 amide bonds. The van der Waals surface area contributed by atoms with Crippen molar-refractivity contribution in [3.63, 3.8) is 0 Å². The molecule has 0 radical (unpaired) electrons. The van der Waals surface area contributed by atoms with E-state index < -0.39 is 274 Å². The summed E-state index contributed by atoms with van der Waals surface area (Å²) in [5, 5.41) is 57.0. The Morgan fingerprint density at radius 1 is 0.587 bits per heavy atom. The normalized spacial score (nSPS) is 20.4. The van der Waals surface area contributed by atoms with Gasteiger partial charge < -0.3 is 92.5 Å². The van der Waals surface area contributed by atoms with Crippen LogP contribution >= 0.6 is 23.1 Å². The van der Waals surface area contributed by atoms with Crippen LogP contribution in [0.5, 0.6) is 0 Å². The number of rotatable bonds is 46. The minimum Gasteiger partial charge on any atom is -0.481 e. The van der Waals surface area contributed by atoms with Crippen LogP contribution in [-0.2, 0) is 129 Å². The van der Waals surface area contributed by atoms with Gasteiger partial charge in [-0.05, 0) is 116 Å². The van der Waals surface area contributed by atoms with E-state index >= 15 is 24.0 Å². The molecular formula is C99H131N15O27S2. The van der Waals surface area contributed by atoms with Crippen molar-refractivity contribution < 1.29 is 130 Å². The zero-order valence-electron chi connectivity index (χ0n) is 81.5. The summed E-state index contributed by atoms with van der Waals surface area (Å²) in [4.78, 5) is 296. The number of nitrogens with two attached hydrogens (primary N) is 1. The van der Waals surface area contributed by atoms with E-state index in [0.29, 0.717) is 49.1 Å². The van der Waals surface area contributed by atoms with Crippen LogP contribution in [0, 0.1) is 59.2 Å². The van der Waals surface area contributed by atoms with Crippen LogP contribution in [0.25, 0.3) is 32.2 Å². The number of hydrogen-bond donors (Lipinski definition) is 14. The van der Waals surface area contributed by atoms with E-state index in [-0.39, 0.29) is 133 Å². The number of benzene rings is 3. The van der Waals surface area contributed by atoms with Crippen molar-refractivity contribution in [3.05, 3.63) is 129 Å². The van der Waals surface area contributed by atoms with Crippen molar-refractivity contribution in [2.75, 3.05) is 79.0 Å². The number of H-pyrrole nitrogens is 2. The highest BCUT2D eigenvalue weighted by atomic mass is 32.2. The Morgan fingerprint density at radius 2 is 1.17 bits per heavy atom. The Labute approximate surface area is 834 Å². The van der Waals surface area contributed by atoms with Gasteiger partial charge in [0.25, 0.3) is 5.91 Å². The molecule has 7 rings (SSSR count). The third-order valence-corrected chi connectivity index (χ3v) is 25.5. The van der Waals surface area contributed by atoms with Gasteiger partial charge in [-0.3, -0.25) is 95.9 Å². The van der Waals surface area contributed by atoms with Crippen LogP contribution in [0.3, 0.4) is 0 Å². The molecule has 3 aromatic heterocycles. The van der Waals surface area contributed by atoms with Gasteiger partial charge in [-0.2, -0.15) is 0 Å². The number of azide groups is 1. The summed E-state index contributed by atoms with van der Waals surface area (Å²) in [6.07, 6.45) is -6.80. The van der Waals surface area contributed by atoms with E-state index in [1.807, 2.05) is 0 Å². The van der Waals surface area contributed by atoms with Crippen molar-refractivity contribution in [1.29, 1.82) is 0 Å². The molecule has 42 nitrogen and oxygen atoms in total. The highest BCUT2D eigenvalue weighted by Crippen LogP contribution is 2.32. The number of thioether (sulfide) groups is 1. The highest BCUT2D eigenvalue weighted by Gasteiger charge is 2.41. The van der Waals surface area contributed by atoms with Crippen LogP contribution in [0.4, 0.5) is 0 Å². The number of thiazole rings is 1. The number of aliphatic carboxylic acids is 2. The number of Topliss-reactive ketones (excluding diaryl/α,β-unsaturated/α-hetero) is 8. The highest BCUT2D eigenvalue weighted by molar-refractivity contribution is 8.13. The number of carbonyl (C=O) groups is 20. The second-order valence-electron chi connectivity index (χ2n) is 36.9. The molecule has 6 aromatic rings. The summed E-state index contributed by atoms with van der Waals surface area (Å²) in [5.74, 6) is -28.6. The molecule has 0 bridgehead atoms. The number of ketones is 8. The number of aliphatic hydroxyl groups excluding tert-OH is 1. The minimum absolute atomic E-state index is 0.0329. The summed E-state index contributed by atoms with van der Waals surface area (Å²) >= 11 is 2.06. The molecule has 15 N–H and O–H groups in total. The molecule has 1 saturated heterocycles. The molecule has 1 aliphatic heterocycles. The maximum Gasteiger partial charge on any atom is 0.304 e. The van der Waals surface area contributed by atoms with Crippen LogP contribution in [-0.4, -0.2) is 262 Å². The number of amides is 9. The van der Waals surface area contributed by atoms with Gasteiger partial charge in [0.15, 0.2) is 22.5 Å². The van der Waals surface area contributed by atoms with Gasteiger partial charge in [0, 0.05) is 174 Å². The summed E-state index contributed by atoms with van der Waals surface area (Å²) in [6.45, 7) is 10.2. The second-order valence-corrected chi connectivity index (χ2v) is 38.7. The Morgan fingerprint density at radius 3 is 1.77 bits per heavy atom. The summed E-state index contributed by atoms with van der Waals surface area (Å²) in [6, 6.07) is 11.9. The molecule has 13 atom stereocenters. The first kappa shape index (κ1) is 117. The molecule has 1 fully saturated rings. The number of aromatic amines is 2. The lowest BCUT2D eigenvalue weighted by Gasteiger charge is -2.28. The number of para-hydroxylation sites is 2. The number of carboxylic acid groups (broad SMARTS) is 2. The van der Waals surface area contributed by atoms with Crippen molar-refractivity contribution in [2.45, 2.75) is 212 Å². The zero-order valence-corrected chi connectivity index (χ0v) is 83.1. The summed E-state index contributed by atoms with van der Waals surface area (Å²) < 4.78 is 22.1. The molecule has 0 saturated carbocycles. The Hall–Kier alpha value is -13.0. The average Bonchev–Trinajstić information content (AvgIpc) is 1.59. The molecule has 13 unspecified atom stereocenters. The predicted octanol–water partition coefficient (Wildman–Crippen LogP) is 5.97. The third kappa shape index (κ3) is 41.1. The fraction of sp³-hybridized carbons (Fsp3) is 0.545. The number of carboxylic acids is 2. The lowest BCUT2D eigenvalue weighted by atomic mass is 9.80. The SMILES string of the molecule is CC(C)CC1NC(=O)C(CCC(=O)O)NC(=O)CNC(=O)C(CC(C)C)NC(=O)C(Cc2cscn2)CC(=O)C(Cc2c[nH]c3ccccc23)CC(=O)C(C)CC(=O)C(CC(=O)C(CC(=O)O)CC(=O)COCCOCCCC(=O)COCCOCCNC(=O)c2ccc(SC(=O)CN=[N+]=[N-])cc2)CNC(=O)CC(C(=O)NC(C(N)=O)C(C)O)NC(=O)C(Cc2c[nH]c3ccccc23)CC(=O)C(C(C)C)CC1=O. The quantitative estimate of drug-likeness (QED) is 0.00688. The average molecular weight is 2030 g/mol. The van der Waals surface area contributed by atoms with Crippen molar-refractivity contribution >= 4 is 161 Å². The van der Waals surface area contributed by atoms with Gasteiger partial charge in [-0.15, -0.1) is 11.3 Å². The van der Waals surface area contributed by atoms with Gasteiger partial charge in [0.05, 0.1) is 88.2 Å². The van der Waals surface area contributed by atoms with Crippen LogP contribution < -0.4 is 48.3 Å². The van der Waals surface area contributed by atoms with Gasteiger partial charge >= 0.3 is 11.9 Å². The number of nitrogens with zero attached hydrogens (tertiary/aromatic N) is 4. The number of aliphatic hydroxyl groups is 1. The van der Waals surface area contributed by atoms with E-state index in [4.69, 9.17) is 30.2 Å². The number of nitrogens with one attached hydrogen (secondary N) is 10. The van der Waals surface area contributed by atoms with Gasteiger partial charge in [-0.25, -0.2) is 4.98 Å². The number of primary amides is 1. The molecule has 44 heteroatoms.